The lowest BCUT2D eigenvalue weighted by atomic mass is 9.98. The molecule has 1 unspecified atom stereocenters. The first-order valence-corrected chi connectivity index (χ1v) is 11.4. The number of guanidine groups is 1. The van der Waals surface area contributed by atoms with Crippen LogP contribution in [0.15, 0.2) is 34.6 Å². The Labute approximate surface area is 199 Å². The van der Waals surface area contributed by atoms with Crippen LogP contribution in [0.4, 0.5) is 5.69 Å². The molecule has 2 aromatic rings. The summed E-state index contributed by atoms with van der Waals surface area (Å²) >= 11 is 1.71. The van der Waals surface area contributed by atoms with E-state index in [-0.39, 0.29) is 24.0 Å². The maximum Gasteiger partial charge on any atom is 0.222 e. The van der Waals surface area contributed by atoms with E-state index in [0.29, 0.717) is 24.8 Å². The van der Waals surface area contributed by atoms with Gasteiger partial charge < -0.3 is 15.1 Å². The fraction of sp³-hybridized carbons (Fsp3) is 0.500. The van der Waals surface area contributed by atoms with Gasteiger partial charge in [0.25, 0.3) is 0 Å². The van der Waals surface area contributed by atoms with Crippen molar-refractivity contribution in [2.24, 2.45) is 4.99 Å². The minimum absolute atomic E-state index is 0. The molecule has 8 heteroatoms. The molecule has 4 rings (SSSR count). The quantitative estimate of drug-likeness (QED) is 0.343. The van der Waals surface area contributed by atoms with Crippen molar-refractivity contribution < 1.29 is 4.79 Å². The summed E-state index contributed by atoms with van der Waals surface area (Å²) in [5.41, 5.74) is 3.62. The molecule has 0 radical (unpaired) electrons. The van der Waals surface area contributed by atoms with E-state index in [0.717, 1.165) is 50.6 Å². The summed E-state index contributed by atoms with van der Waals surface area (Å²) < 4.78 is 0. The van der Waals surface area contributed by atoms with Crippen LogP contribution < -0.4 is 10.2 Å². The number of aliphatic imine (C=N–C) groups is 1. The van der Waals surface area contributed by atoms with E-state index in [1.165, 1.54) is 16.3 Å². The number of nitrogens with zero attached hydrogens (tertiary/aromatic N) is 4. The summed E-state index contributed by atoms with van der Waals surface area (Å²) in [5, 5.41) is 6.77. The molecule has 1 aromatic carbocycles. The Hall–Kier alpha value is -1.68. The summed E-state index contributed by atoms with van der Waals surface area (Å²) in [6, 6.07) is 8.57. The summed E-state index contributed by atoms with van der Waals surface area (Å²) in [6.45, 7) is 5.45. The summed E-state index contributed by atoms with van der Waals surface area (Å²) in [5.74, 6) is 1.59. The van der Waals surface area contributed by atoms with Gasteiger partial charge in [-0.25, -0.2) is 4.98 Å². The normalized spacial score (nSPS) is 18.5. The number of carbonyl (C=O) groups is 1. The molecule has 0 saturated carbocycles. The number of likely N-dealkylation sites (tertiary alicyclic amines) is 1. The molecule has 2 aliphatic rings. The smallest absolute Gasteiger partial charge is 0.222 e. The van der Waals surface area contributed by atoms with Crippen molar-refractivity contribution in [2.75, 3.05) is 31.6 Å². The average Bonchev–Trinajstić information content (AvgIpc) is 3.46. The minimum Gasteiger partial charge on any atom is -0.350 e. The maximum atomic E-state index is 12.0. The van der Waals surface area contributed by atoms with Gasteiger partial charge in [-0.05, 0) is 30.9 Å². The summed E-state index contributed by atoms with van der Waals surface area (Å²) in [6.07, 6.45) is 3.67. The SMILES string of the molecule is CCc1nc(CNC(=NC)N2CC(CCN3CCCC3=O)c3ccccc32)cs1.I. The van der Waals surface area contributed by atoms with E-state index in [9.17, 15) is 4.79 Å². The van der Waals surface area contributed by atoms with Crippen LogP contribution >= 0.6 is 35.3 Å². The number of amides is 1. The zero-order valence-corrected chi connectivity index (χ0v) is 20.8. The standard InChI is InChI=1S/C22H29N5OS.HI/c1-3-20-25-17(15-29-20)13-24-22(23-2)27-14-16(18-7-4-5-8-19(18)27)10-12-26-11-6-9-21(26)28;/h4-5,7-8,15-16H,3,6,9-14H2,1-2H3,(H,23,24);1H. The number of anilines is 1. The second kappa shape index (κ2) is 10.6. The molecule has 0 spiro atoms. The van der Waals surface area contributed by atoms with Crippen LogP contribution in [-0.4, -0.2) is 48.4 Å². The van der Waals surface area contributed by atoms with Crippen molar-refractivity contribution in [3.8, 4) is 0 Å². The van der Waals surface area contributed by atoms with Gasteiger partial charge in [0.2, 0.25) is 5.91 Å². The van der Waals surface area contributed by atoms with E-state index in [1.807, 2.05) is 11.9 Å². The van der Waals surface area contributed by atoms with Crippen LogP contribution in [0, 0.1) is 0 Å². The van der Waals surface area contributed by atoms with Crippen molar-refractivity contribution in [1.82, 2.24) is 15.2 Å². The number of thiazole rings is 1. The van der Waals surface area contributed by atoms with Crippen molar-refractivity contribution >= 4 is 52.9 Å². The Morgan fingerprint density at radius 3 is 2.90 bits per heavy atom. The largest absolute Gasteiger partial charge is 0.350 e. The summed E-state index contributed by atoms with van der Waals surface area (Å²) in [4.78, 5) is 25.4. The molecule has 2 aliphatic heterocycles. The highest BCUT2D eigenvalue weighted by Crippen LogP contribution is 2.38. The molecule has 1 amide bonds. The maximum absolute atomic E-state index is 12.0. The first-order valence-electron chi connectivity index (χ1n) is 10.5. The highest BCUT2D eigenvalue weighted by molar-refractivity contribution is 14.0. The molecule has 3 heterocycles. The molecule has 6 nitrogen and oxygen atoms in total. The third-order valence-electron chi connectivity index (χ3n) is 5.79. The topological polar surface area (TPSA) is 60.8 Å². The van der Waals surface area contributed by atoms with Crippen molar-refractivity contribution in [3.05, 3.63) is 45.9 Å². The Morgan fingerprint density at radius 2 is 2.20 bits per heavy atom. The lowest BCUT2D eigenvalue weighted by Gasteiger charge is -2.23. The fourth-order valence-corrected chi connectivity index (χ4v) is 5.00. The van der Waals surface area contributed by atoms with Crippen molar-refractivity contribution in [1.29, 1.82) is 0 Å². The number of carbonyl (C=O) groups excluding carboxylic acids is 1. The number of hydrogen-bond acceptors (Lipinski definition) is 4. The third-order valence-corrected chi connectivity index (χ3v) is 6.83. The fourth-order valence-electron chi connectivity index (χ4n) is 4.25. The van der Waals surface area contributed by atoms with Crippen LogP contribution in [0.1, 0.15) is 48.4 Å². The lowest BCUT2D eigenvalue weighted by molar-refractivity contribution is -0.127. The molecule has 162 valence electrons. The van der Waals surface area contributed by atoms with E-state index < -0.39 is 0 Å². The van der Waals surface area contributed by atoms with Gasteiger partial charge in [-0.1, -0.05) is 25.1 Å². The first-order chi connectivity index (χ1) is 14.2. The molecule has 1 N–H and O–H groups in total. The molecule has 1 aromatic heterocycles. The van der Waals surface area contributed by atoms with Gasteiger partial charge in [-0.2, -0.15) is 0 Å². The van der Waals surface area contributed by atoms with E-state index in [1.54, 1.807) is 11.3 Å². The van der Waals surface area contributed by atoms with Gasteiger partial charge in [-0.15, -0.1) is 35.3 Å². The molecular weight excluding hydrogens is 509 g/mol. The first kappa shape index (κ1) is 23.0. The minimum atomic E-state index is 0. The number of halogens is 1. The van der Waals surface area contributed by atoms with Crippen LogP contribution in [0.2, 0.25) is 0 Å². The number of fused-ring (bicyclic) bond motifs is 1. The Balaban J connectivity index is 0.00000256. The molecule has 1 atom stereocenters. The van der Waals surface area contributed by atoms with E-state index in [4.69, 9.17) is 0 Å². The zero-order valence-electron chi connectivity index (χ0n) is 17.6. The van der Waals surface area contributed by atoms with Gasteiger partial charge in [0.1, 0.15) is 0 Å². The number of para-hydroxylation sites is 1. The van der Waals surface area contributed by atoms with Gasteiger partial charge >= 0.3 is 0 Å². The number of rotatable bonds is 6. The van der Waals surface area contributed by atoms with Crippen molar-refractivity contribution in [2.45, 2.75) is 45.1 Å². The Morgan fingerprint density at radius 1 is 1.37 bits per heavy atom. The van der Waals surface area contributed by atoms with Crippen LogP contribution in [0.3, 0.4) is 0 Å². The Kier molecular flexibility index (Phi) is 8.10. The van der Waals surface area contributed by atoms with Crippen LogP contribution in [0.5, 0.6) is 0 Å². The van der Waals surface area contributed by atoms with Crippen LogP contribution in [0.25, 0.3) is 0 Å². The average molecular weight is 539 g/mol. The second-order valence-corrected chi connectivity index (χ2v) is 8.57. The molecule has 0 aliphatic carbocycles. The highest BCUT2D eigenvalue weighted by atomic mass is 127. The van der Waals surface area contributed by atoms with Crippen molar-refractivity contribution in [3.63, 3.8) is 0 Å². The second-order valence-electron chi connectivity index (χ2n) is 7.63. The van der Waals surface area contributed by atoms with Gasteiger partial charge in [0, 0.05) is 50.1 Å². The van der Waals surface area contributed by atoms with E-state index in [2.05, 4.69) is 56.8 Å². The summed E-state index contributed by atoms with van der Waals surface area (Å²) in [7, 11) is 1.83. The monoisotopic (exact) mass is 539 g/mol. The number of nitrogens with one attached hydrogen (secondary N) is 1. The molecule has 1 saturated heterocycles. The predicted molar refractivity (Wildman–Crippen MR) is 134 cm³/mol. The third kappa shape index (κ3) is 4.96. The predicted octanol–water partition coefficient (Wildman–Crippen LogP) is 4.02. The molecular formula is C22H30IN5OS. The zero-order chi connectivity index (χ0) is 20.2. The number of benzene rings is 1. The van der Waals surface area contributed by atoms with Gasteiger partial charge in [-0.3, -0.25) is 9.79 Å². The molecule has 0 bridgehead atoms. The lowest BCUT2D eigenvalue weighted by Crippen LogP contribution is -2.40. The Bertz CT molecular complexity index is 899. The van der Waals surface area contributed by atoms with Gasteiger partial charge in [0.05, 0.1) is 17.2 Å². The highest BCUT2D eigenvalue weighted by Gasteiger charge is 2.32. The number of aryl methyl sites for hydroxylation is 1. The van der Waals surface area contributed by atoms with Gasteiger partial charge in [0.15, 0.2) is 5.96 Å². The number of hydrogen-bond donors (Lipinski definition) is 1. The van der Waals surface area contributed by atoms with Crippen LogP contribution in [-0.2, 0) is 17.8 Å². The molecule has 1 fully saturated rings. The molecule has 30 heavy (non-hydrogen) atoms. The van der Waals surface area contributed by atoms with E-state index >= 15 is 0 Å². The number of aromatic nitrogens is 1.